The maximum absolute atomic E-state index is 13.6. The molecule has 0 radical (unpaired) electrons. The summed E-state index contributed by atoms with van der Waals surface area (Å²) < 4.78 is 16.1. The average Bonchev–Trinajstić information content (AvgIpc) is 2.72. The fourth-order valence-corrected chi connectivity index (χ4v) is 2.31. The number of amides is 1. The smallest absolute Gasteiger partial charge is 0.330 e. The highest BCUT2D eigenvalue weighted by molar-refractivity contribution is 5.91. The van der Waals surface area contributed by atoms with E-state index in [9.17, 15) is 14.0 Å². The third kappa shape index (κ3) is 1.91. The van der Waals surface area contributed by atoms with Crippen molar-refractivity contribution in [2.75, 3.05) is 6.54 Å². The molecule has 0 saturated carbocycles. The average molecular weight is 276 g/mol. The molecule has 1 aliphatic rings. The molecule has 20 heavy (non-hydrogen) atoms. The highest BCUT2D eigenvalue weighted by atomic mass is 19.1. The second kappa shape index (κ2) is 4.59. The Morgan fingerprint density at radius 2 is 2.00 bits per heavy atom. The van der Waals surface area contributed by atoms with Gasteiger partial charge in [-0.05, 0) is 6.07 Å². The van der Waals surface area contributed by atoms with Crippen LogP contribution in [-0.4, -0.2) is 31.7 Å². The van der Waals surface area contributed by atoms with Crippen LogP contribution in [0.15, 0.2) is 29.1 Å². The molecule has 0 saturated heterocycles. The van der Waals surface area contributed by atoms with Gasteiger partial charge in [0.05, 0.1) is 0 Å². The maximum Gasteiger partial charge on any atom is 0.346 e. The Morgan fingerprint density at radius 3 is 2.75 bits per heavy atom. The van der Waals surface area contributed by atoms with E-state index in [1.807, 2.05) is 0 Å². The van der Waals surface area contributed by atoms with E-state index in [2.05, 4.69) is 5.10 Å². The third-order valence-electron chi connectivity index (χ3n) is 3.40. The lowest BCUT2D eigenvalue weighted by Gasteiger charge is -2.26. The first kappa shape index (κ1) is 12.6. The molecule has 3 rings (SSSR count). The molecule has 1 aliphatic heterocycles. The van der Waals surface area contributed by atoms with Gasteiger partial charge in [0.15, 0.2) is 0 Å². The molecule has 6 nitrogen and oxygen atoms in total. The number of hydrogen-bond donors (Lipinski definition) is 0. The summed E-state index contributed by atoms with van der Waals surface area (Å²) in [6, 6.07) is 6.33. The molecular formula is C13H13FN4O2. The number of hydrogen-bond acceptors (Lipinski definition) is 3. The van der Waals surface area contributed by atoms with Crippen molar-refractivity contribution < 1.29 is 9.18 Å². The summed E-state index contributed by atoms with van der Waals surface area (Å²) in [6.45, 7) is 0.921. The topological polar surface area (TPSA) is 60.1 Å². The van der Waals surface area contributed by atoms with E-state index in [0.29, 0.717) is 18.7 Å². The number of carbonyl (C=O) groups is 1. The van der Waals surface area contributed by atoms with Gasteiger partial charge in [-0.15, -0.1) is 5.10 Å². The summed E-state index contributed by atoms with van der Waals surface area (Å²) in [6.07, 6.45) is 0. The second-order valence-electron chi connectivity index (χ2n) is 4.70. The van der Waals surface area contributed by atoms with Crippen molar-refractivity contribution in [2.45, 2.75) is 13.1 Å². The molecule has 7 heteroatoms. The molecule has 0 unspecified atom stereocenters. The highest BCUT2D eigenvalue weighted by Gasteiger charge is 2.29. The lowest BCUT2D eigenvalue weighted by Crippen LogP contribution is -2.42. The molecule has 1 aromatic carbocycles. The first-order chi connectivity index (χ1) is 9.58. The Bertz CT molecular complexity index is 734. The van der Waals surface area contributed by atoms with Crippen LogP contribution in [0.2, 0.25) is 0 Å². The van der Waals surface area contributed by atoms with Crippen molar-refractivity contribution in [1.82, 2.24) is 19.2 Å². The number of carbonyl (C=O) groups excluding carboxylic acids is 1. The van der Waals surface area contributed by atoms with Gasteiger partial charge in [0.1, 0.15) is 5.82 Å². The van der Waals surface area contributed by atoms with Gasteiger partial charge in [0.2, 0.25) is 5.82 Å². The van der Waals surface area contributed by atoms with E-state index < -0.39 is 0 Å². The van der Waals surface area contributed by atoms with E-state index >= 15 is 0 Å². The van der Waals surface area contributed by atoms with E-state index in [-0.39, 0.29) is 29.8 Å². The first-order valence-corrected chi connectivity index (χ1v) is 6.24. The van der Waals surface area contributed by atoms with Crippen LogP contribution >= 0.6 is 0 Å². The van der Waals surface area contributed by atoms with Crippen LogP contribution in [0.3, 0.4) is 0 Å². The summed E-state index contributed by atoms with van der Waals surface area (Å²) in [5, 5.41) is 3.93. The van der Waals surface area contributed by atoms with Crippen LogP contribution in [0.5, 0.6) is 0 Å². The zero-order valence-corrected chi connectivity index (χ0v) is 10.9. The molecule has 1 aromatic heterocycles. The van der Waals surface area contributed by atoms with Gasteiger partial charge in [-0.25, -0.2) is 13.9 Å². The van der Waals surface area contributed by atoms with E-state index in [4.69, 9.17) is 0 Å². The zero-order valence-electron chi connectivity index (χ0n) is 10.9. The summed E-state index contributed by atoms with van der Waals surface area (Å²) in [5.74, 6) is -0.582. The van der Waals surface area contributed by atoms with Crippen LogP contribution in [-0.2, 0) is 20.1 Å². The van der Waals surface area contributed by atoms with Crippen molar-refractivity contribution in [1.29, 1.82) is 0 Å². The molecule has 0 fully saturated rings. The Hall–Kier alpha value is -2.44. The molecule has 104 valence electrons. The number of aromatic nitrogens is 3. The fourth-order valence-electron chi connectivity index (χ4n) is 2.31. The Labute approximate surface area is 114 Å². The number of rotatable bonds is 2. The molecular weight excluding hydrogens is 263 g/mol. The molecule has 2 aromatic rings. The van der Waals surface area contributed by atoms with Crippen LogP contribution in [0.25, 0.3) is 0 Å². The monoisotopic (exact) mass is 276 g/mol. The van der Waals surface area contributed by atoms with Gasteiger partial charge >= 0.3 is 5.69 Å². The minimum Gasteiger partial charge on any atom is -0.330 e. The lowest BCUT2D eigenvalue weighted by atomic mass is 10.2. The largest absolute Gasteiger partial charge is 0.346 e. The lowest BCUT2D eigenvalue weighted by molar-refractivity contribution is 0.0679. The van der Waals surface area contributed by atoms with Gasteiger partial charge in [-0.3, -0.25) is 9.36 Å². The summed E-state index contributed by atoms with van der Waals surface area (Å²) in [5.41, 5.74) is 0.145. The quantitative estimate of drug-likeness (QED) is 0.796. The van der Waals surface area contributed by atoms with Crippen LogP contribution in [0, 0.1) is 5.82 Å². The minimum absolute atomic E-state index is 0.111. The zero-order chi connectivity index (χ0) is 14.3. The van der Waals surface area contributed by atoms with Gasteiger partial charge in [0.25, 0.3) is 5.91 Å². The Kier molecular flexibility index (Phi) is 2.89. The van der Waals surface area contributed by atoms with E-state index in [1.54, 1.807) is 18.2 Å². The first-order valence-electron chi connectivity index (χ1n) is 6.24. The number of nitrogens with zero attached hydrogens (tertiary/aromatic N) is 4. The summed E-state index contributed by atoms with van der Waals surface area (Å²) >= 11 is 0. The molecule has 2 heterocycles. The normalized spacial score (nSPS) is 14.5. The molecule has 0 bridgehead atoms. The van der Waals surface area contributed by atoms with Crippen molar-refractivity contribution in [3.05, 3.63) is 52.0 Å². The van der Waals surface area contributed by atoms with Crippen LogP contribution in [0.1, 0.15) is 16.2 Å². The number of fused-ring (bicyclic) bond motifs is 1. The SMILES string of the molecule is Cn1nc2n(c1=O)CCN(Cc1ccccc1F)C2=O. The molecule has 1 amide bonds. The second-order valence-corrected chi connectivity index (χ2v) is 4.70. The van der Waals surface area contributed by atoms with E-state index in [1.165, 1.54) is 22.6 Å². The predicted molar refractivity (Wildman–Crippen MR) is 68.6 cm³/mol. The van der Waals surface area contributed by atoms with Crippen molar-refractivity contribution in [3.8, 4) is 0 Å². The standard InChI is InChI=1S/C13H13FN4O2/c1-16-13(20)18-7-6-17(12(19)11(18)15-16)8-9-4-2-3-5-10(9)14/h2-5H,6-8H2,1H3. The van der Waals surface area contributed by atoms with Crippen molar-refractivity contribution in [2.24, 2.45) is 7.05 Å². The Balaban J connectivity index is 1.90. The highest BCUT2D eigenvalue weighted by Crippen LogP contribution is 2.14. The Morgan fingerprint density at radius 1 is 1.25 bits per heavy atom. The van der Waals surface area contributed by atoms with E-state index in [0.717, 1.165) is 4.68 Å². The molecule has 0 aliphatic carbocycles. The maximum atomic E-state index is 13.6. The third-order valence-corrected chi connectivity index (χ3v) is 3.40. The van der Waals surface area contributed by atoms with Gasteiger partial charge in [-0.1, -0.05) is 18.2 Å². The van der Waals surface area contributed by atoms with Gasteiger partial charge in [0, 0.05) is 32.2 Å². The van der Waals surface area contributed by atoms with Crippen molar-refractivity contribution in [3.63, 3.8) is 0 Å². The fraction of sp³-hybridized carbons (Fsp3) is 0.308. The van der Waals surface area contributed by atoms with Crippen molar-refractivity contribution >= 4 is 5.91 Å². The van der Waals surface area contributed by atoms with Crippen LogP contribution in [0.4, 0.5) is 4.39 Å². The molecule has 0 spiro atoms. The molecule has 0 N–H and O–H groups in total. The number of benzene rings is 1. The summed E-state index contributed by atoms with van der Waals surface area (Å²) in [4.78, 5) is 25.5. The predicted octanol–water partition coefficient (Wildman–Crippen LogP) is 0.377. The van der Waals surface area contributed by atoms with Gasteiger partial charge in [-0.2, -0.15) is 0 Å². The number of aryl methyl sites for hydroxylation is 1. The van der Waals surface area contributed by atoms with Crippen LogP contribution < -0.4 is 5.69 Å². The summed E-state index contributed by atoms with van der Waals surface area (Å²) in [7, 11) is 1.50. The number of halogens is 1. The van der Waals surface area contributed by atoms with Gasteiger partial charge < -0.3 is 4.90 Å². The molecule has 0 atom stereocenters. The minimum atomic E-state index is -0.350.